The lowest BCUT2D eigenvalue weighted by Crippen LogP contribution is -2.45. The summed E-state index contributed by atoms with van der Waals surface area (Å²) in [7, 11) is -2.81. The van der Waals surface area contributed by atoms with Gasteiger partial charge in [0, 0.05) is 6.04 Å². The molecule has 1 heterocycles. The van der Waals surface area contributed by atoms with Gasteiger partial charge in [0.05, 0.1) is 11.9 Å². The fourth-order valence-corrected chi connectivity index (χ4v) is 4.92. The van der Waals surface area contributed by atoms with Crippen molar-refractivity contribution < 1.29 is 9.09 Å². The summed E-state index contributed by atoms with van der Waals surface area (Å²) in [6, 6.07) is 9.90. The van der Waals surface area contributed by atoms with Gasteiger partial charge in [-0.1, -0.05) is 31.0 Å². The lowest BCUT2D eigenvalue weighted by atomic mass is 9.86. The van der Waals surface area contributed by atoms with E-state index in [1.165, 1.54) is 19.3 Å². The fourth-order valence-electron chi connectivity index (χ4n) is 2.81. The number of hydrogen-bond donors (Lipinski definition) is 1. The van der Waals surface area contributed by atoms with Crippen LogP contribution in [0.1, 0.15) is 25.7 Å². The summed E-state index contributed by atoms with van der Waals surface area (Å²) in [6.45, 7) is 0.643. The van der Waals surface area contributed by atoms with Crippen LogP contribution in [0.2, 0.25) is 0 Å². The van der Waals surface area contributed by atoms with E-state index >= 15 is 0 Å². The summed E-state index contributed by atoms with van der Waals surface area (Å²) in [6.07, 6.45) is 4.85. The number of fused-ring (bicyclic) bond motifs is 1. The molecule has 1 saturated heterocycles. The maximum atomic E-state index is 12.8. The zero-order valence-corrected chi connectivity index (χ0v) is 10.7. The molecule has 4 heteroatoms. The van der Waals surface area contributed by atoms with E-state index in [1.807, 2.05) is 30.3 Å². The molecule has 3 nitrogen and oxygen atoms in total. The molecule has 0 bridgehead atoms. The van der Waals surface area contributed by atoms with Crippen LogP contribution in [0.4, 0.5) is 0 Å². The highest BCUT2D eigenvalue weighted by Gasteiger charge is 2.39. The Kier molecular flexibility index (Phi) is 3.08. The quantitative estimate of drug-likeness (QED) is 0.780. The van der Waals surface area contributed by atoms with Crippen LogP contribution in [-0.2, 0) is 9.09 Å². The molecule has 1 N–H and O–H groups in total. The van der Waals surface area contributed by atoms with Crippen LogP contribution in [0.15, 0.2) is 30.3 Å². The van der Waals surface area contributed by atoms with Gasteiger partial charge >= 0.3 is 0 Å². The van der Waals surface area contributed by atoms with Gasteiger partial charge in [-0.2, -0.15) is 0 Å². The minimum absolute atomic E-state index is 0.378. The van der Waals surface area contributed by atoms with Crippen LogP contribution in [0, 0.1) is 5.92 Å². The zero-order chi connectivity index (χ0) is 11.7. The maximum absolute atomic E-state index is 12.8. The van der Waals surface area contributed by atoms with Crippen LogP contribution in [-0.4, -0.2) is 12.6 Å². The second kappa shape index (κ2) is 4.56. The third kappa shape index (κ3) is 2.20. The van der Waals surface area contributed by atoms with Crippen molar-refractivity contribution in [3.8, 4) is 0 Å². The standard InChI is InChI=1S/C13H18NO2P/c15-17(12-7-2-1-3-8-12)14-13-9-5-4-6-11(13)10-16-17/h1-3,7-8,11,13H,4-6,9-10H2,(H,14,15)/t11-,13+,17?/m1/s1. The van der Waals surface area contributed by atoms with Crippen molar-refractivity contribution in [2.75, 3.05) is 6.61 Å². The predicted octanol–water partition coefficient (Wildman–Crippen LogP) is 2.68. The summed E-state index contributed by atoms with van der Waals surface area (Å²) in [4.78, 5) is 0. The average Bonchev–Trinajstić information content (AvgIpc) is 2.40. The molecule has 1 saturated carbocycles. The largest absolute Gasteiger partial charge is 0.314 e. The highest BCUT2D eigenvalue weighted by molar-refractivity contribution is 7.65. The van der Waals surface area contributed by atoms with Gasteiger partial charge in [-0.05, 0) is 30.9 Å². The summed E-state index contributed by atoms with van der Waals surface area (Å²) in [5.41, 5.74) is 0. The van der Waals surface area contributed by atoms with Crippen molar-refractivity contribution in [2.24, 2.45) is 5.92 Å². The lowest BCUT2D eigenvalue weighted by Gasteiger charge is -2.39. The molecular formula is C13H18NO2P. The van der Waals surface area contributed by atoms with E-state index in [0.29, 0.717) is 18.6 Å². The molecule has 1 aliphatic heterocycles. The Hall–Kier alpha value is -0.630. The molecule has 0 amide bonds. The van der Waals surface area contributed by atoms with Gasteiger partial charge in [-0.25, -0.2) is 5.09 Å². The molecular weight excluding hydrogens is 233 g/mol. The number of hydrogen-bond acceptors (Lipinski definition) is 2. The molecule has 1 unspecified atom stereocenters. The van der Waals surface area contributed by atoms with Gasteiger partial charge in [0.25, 0.3) is 7.52 Å². The van der Waals surface area contributed by atoms with Crippen LogP contribution in [0.25, 0.3) is 0 Å². The van der Waals surface area contributed by atoms with Crippen molar-refractivity contribution in [1.82, 2.24) is 5.09 Å². The van der Waals surface area contributed by atoms with E-state index < -0.39 is 7.52 Å². The molecule has 0 spiro atoms. The van der Waals surface area contributed by atoms with E-state index in [0.717, 1.165) is 11.7 Å². The topological polar surface area (TPSA) is 38.3 Å². The first kappa shape index (κ1) is 11.5. The first-order valence-corrected chi connectivity index (χ1v) is 7.98. The van der Waals surface area contributed by atoms with E-state index in [2.05, 4.69) is 5.09 Å². The van der Waals surface area contributed by atoms with Gasteiger partial charge in [0.2, 0.25) is 0 Å². The molecule has 3 atom stereocenters. The monoisotopic (exact) mass is 251 g/mol. The van der Waals surface area contributed by atoms with E-state index in [1.54, 1.807) is 0 Å². The molecule has 3 rings (SSSR count). The Labute approximate surface area is 102 Å². The normalized spacial score (nSPS) is 37.4. The highest BCUT2D eigenvalue weighted by atomic mass is 31.2. The summed E-state index contributed by atoms with van der Waals surface area (Å²) in [5, 5.41) is 4.08. The SMILES string of the molecule is O=P1(c2ccccc2)N[C@H]2CCCC[C@@H]2CO1. The van der Waals surface area contributed by atoms with Crippen LogP contribution in [0.5, 0.6) is 0 Å². The summed E-state index contributed by atoms with van der Waals surface area (Å²) >= 11 is 0. The molecule has 1 aromatic rings. The molecule has 17 heavy (non-hydrogen) atoms. The van der Waals surface area contributed by atoms with Crippen LogP contribution >= 0.6 is 7.52 Å². The Morgan fingerprint density at radius 3 is 2.76 bits per heavy atom. The predicted molar refractivity (Wildman–Crippen MR) is 68.5 cm³/mol. The average molecular weight is 251 g/mol. The van der Waals surface area contributed by atoms with Crippen LogP contribution < -0.4 is 10.4 Å². The molecule has 92 valence electrons. The van der Waals surface area contributed by atoms with E-state index in [9.17, 15) is 4.57 Å². The van der Waals surface area contributed by atoms with Crippen molar-refractivity contribution >= 4 is 12.8 Å². The Morgan fingerprint density at radius 2 is 1.94 bits per heavy atom. The van der Waals surface area contributed by atoms with Gasteiger partial charge in [0.1, 0.15) is 0 Å². The molecule has 0 aromatic heterocycles. The third-order valence-electron chi connectivity index (χ3n) is 3.81. The Morgan fingerprint density at radius 1 is 1.18 bits per heavy atom. The van der Waals surface area contributed by atoms with E-state index in [-0.39, 0.29) is 0 Å². The summed E-state index contributed by atoms with van der Waals surface area (Å²) in [5.74, 6) is 0.550. The highest BCUT2D eigenvalue weighted by Crippen LogP contribution is 2.48. The number of rotatable bonds is 1. The zero-order valence-electron chi connectivity index (χ0n) is 9.84. The molecule has 1 aliphatic carbocycles. The van der Waals surface area contributed by atoms with Gasteiger partial charge in [-0.3, -0.25) is 4.57 Å². The summed E-state index contributed by atoms with van der Waals surface area (Å²) < 4.78 is 18.4. The molecule has 2 aliphatic rings. The third-order valence-corrected chi connectivity index (χ3v) is 5.97. The van der Waals surface area contributed by atoms with Crippen LogP contribution in [0.3, 0.4) is 0 Å². The Bertz CT molecular complexity index is 434. The van der Waals surface area contributed by atoms with Crippen molar-refractivity contribution in [3.63, 3.8) is 0 Å². The first-order valence-electron chi connectivity index (χ1n) is 6.36. The second-order valence-corrected chi connectivity index (χ2v) is 7.10. The molecule has 0 radical (unpaired) electrons. The second-order valence-electron chi connectivity index (χ2n) is 4.96. The van der Waals surface area contributed by atoms with Crippen molar-refractivity contribution in [3.05, 3.63) is 30.3 Å². The molecule has 1 aromatic carbocycles. The number of nitrogens with one attached hydrogen (secondary N) is 1. The fraction of sp³-hybridized carbons (Fsp3) is 0.538. The first-order chi connectivity index (χ1) is 8.28. The minimum atomic E-state index is -2.81. The Balaban J connectivity index is 1.83. The van der Waals surface area contributed by atoms with Gasteiger partial charge < -0.3 is 4.52 Å². The number of benzene rings is 1. The molecule has 2 fully saturated rings. The van der Waals surface area contributed by atoms with Crippen molar-refractivity contribution in [1.29, 1.82) is 0 Å². The maximum Gasteiger partial charge on any atom is 0.299 e. The van der Waals surface area contributed by atoms with Crippen molar-refractivity contribution in [2.45, 2.75) is 31.7 Å². The lowest BCUT2D eigenvalue weighted by molar-refractivity contribution is 0.148. The smallest absolute Gasteiger partial charge is 0.299 e. The minimum Gasteiger partial charge on any atom is -0.314 e. The van der Waals surface area contributed by atoms with E-state index in [4.69, 9.17) is 4.52 Å². The van der Waals surface area contributed by atoms with Gasteiger partial charge in [0.15, 0.2) is 0 Å². The van der Waals surface area contributed by atoms with Gasteiger partial charge in [-0.15, -0.1) is 0 Å².